The third kappa shape index (κ3) is 2.65. The highest BCUT2D eigenvalue weighted by Crippen LogP contribution is 2.30. The van der Waals surface area contributed by atoms with Crippen molar-refractivity contribution in [3.8, 4) is 28.6 Å². The maximum absolute atomic E-state index is 5.46. The van der Waals surface area contributed by atoms with Crippen LogP contribution in [0.2, 0.25) is 0 Å². The van der Waals surface area contributed by atoms with Crippen molar-refractivity contribution in [3.05, 3.63) is 48.8 Å². The van der Waals surface area contributed by atoms with Gasteiger partial charge in [0.2, 0.25) is 5.82 Å². The molecule has 126 valence electrons. The van der Waals surface area contributed by atoms with Crippen LogP contribution in [0.5, 0.6) is 5.75 Å². The normalized spacial score (nSPS) is 11.4. The van der Waals surface area contributed by atoms with Crippen molar-refractivity contribution in [2.75, 3.05) is 7.11 Å². The number of ether oxygens (including phenoxy) is 1. The number of nitrogens with zero attached hydrogens (tertiary/aromatic N) is 4. The molecule has 4 aromatic rings. The second kappa shape index (κ2) is 6.05. The Hall–Kier alpha value is -3.15. The zero-order valence-corrected chi connectivity index (χ0v) is 14.3. The summed E-state index contributed by atoms with van der Waals surface area (Å²) >= 11 is 0. The lowest BCUT2D eigenvalue weighted by molar-refractivity contribution is 0.405. The predicted molar refractivity (Wildman–Crippen MR) is 95.4 cm³/mol. The number of aromatic nitrogens is 4. The molecule has 6 heteroatoms. The fourth-order valence-electron chi connectivity index (χ4n) is 2.85. The highest BCUT2D eigenvalue weighted by atomic mass is 16.5. The SMILES string of the molecule is COc1ccccc1-c1nc(-c2ccc3ncn(C(C)C)c3c2)no1. The van der Waals surface area contributed by atoms with E-state index in [0.717, 1.165) is 22.2 Å². The molecule has 0 N–H and O–H groups in total. The Morgan fingerprint density at radius 3 is 2.76 bits per heavy atom. The van der Waals surface area contributed by atoms with Crippen molar-refractivity contribution in [2.24, 2.45) is 0 Å². The molecule has 0 aliphatic carbocycles. The van der Waals surface area contributed by atoms with Gasteiger partial charge < -0.3 is 13.8 Å². The predicted octanol–water partition coefficient (Wildman–Crippen LogP) is 4.34. The Morgan fingerprint density at radius 1 is 1.12 bits per heavy atom. The minimum atomic E-state index is 0.328. The van der Waals surface area contributed by atoms with E-state index in [0.29, 0.717) is 23.5 Å². The summed E-state index contributed by atoms with van der Waals surface area (Å²) in [6.45, 7) is 4.25. The van der Waals surface area contributed by atoms with Crippen molar-refractivity contribution in [2.45, 2.75) is 19.9 Å². The van der Waals surface area contributed by atoms with Crippen molar-refractivity contribution in [1.82, 2.24) is 19.7 Å². The zero-order chi connectivity index (χ0) is 17.4. The monoisotopic (exact) mass is 334 g/mol. The average Bonchev–Trinajstić information content (AvgIpc) is 3.28. The van der Waals surface area contributed by atoms with E-state index in [-0.39, 0.29) is 0 Å². The van der Waals surface area contributed by atoms with Crippen LogP contribution in [0.25, 0.3) is 33.9 Å². The summed E-state index contributed by atoms with van der Waals surface area (Å²) in [5, 5.41) is 4.13. The number of hydrogen-bond acceptors (Lipinski definition) is 5. The lowest BCUT2D eigenvalue weighted by atomic mass is 10.1. The highest BCUT2D eigenvalue weighted by Gasteiger charge is 2.15. The van der Waals surface area contributed by atoms with E-state index in [4.69, 9.17) is 9.26 Å². The molecule has 2 aromatic heterocycles. The topological polar surface area (TPSA) is 66.0 Å². The summed E-state index contributed by atoms with van der Waals surface area (Å²) < 4.78 is 12.9. The lowest BCUT2D eigenvalue weighted by Crippen LogP contribution is -1.98. The summed E-state index contributed by atoms with van der Waals surface area (Å²) in [5.74, 6) is 1.68. The van der Waals surface area contributed by atoms with Gasteiger partial charge in [-0.3, -0.25) is 0 Å². The molecule has 2 heterocycles. The fourth-order valence-corrected chi connectivity index (χ4v) is 2.85. The Kier molecular flexibility index (Phi) is 3.72. The molecular weight excluding hydrogens is 316 g/mol. The molecule has 6 nitrogen and oxygen atoms in total. The van der Waals surface area contributed by atoms with E-state index < -0.39 is 0 Å². The molecule has 0 saturated heterocycles. The molecule has 0 saturated carbocycles. The minimum absolute atomic E-state index is 0.328. The first-order chi connectivity index (χ1) is 12.2. The molecule has 0 atom stereocenters. The standard InChI is InChI=1S/C19H18N4O2/c1-12(2)23-11-20-15-9-8-13(10-16(15)23)18-21-19(25-22-18)14-6-4-5-7-17(14)24-3/h4-12H,1-3H3. The number of imidazole rings is 1. The number of rotatable bonds is 4. The lowest BCUT2D eigenvalue weighted by Gasteiger charge is -2.07. The average molecular weight is 334 g/mol. The highest BCUT2D eigenvalue weighted by molar-refractivity contribution is 5.81. The Labute approximate surface area is 145 Å². The molecule has 0 aliphatic rings. The summed E-state index contributed by atoms with van der Waals surface area (Å²) in [4.78, 5) is 8.97. The first kappa shape index (κ1) is 15.4. The van der Waals surface area contributed by atoms with Crippen LogP contribution in [0.4, 0.5) is 0 Å². The second-order valence-corrected chi connectivity index (χ2v) is 6.07. The van der Waals surface area contributed by atoms with Crippen molar-refractivity contribution in [3.63, 3.8) is 0 Å². The Balaban J connectivity index is 1.77. The zero-order valence-electron chi connectivity index (χ0n) is 14.3. The fraction of sp³-hybridized carbons (Fsp3) is 0.211. The van der Waals surface area contributed by atoms with Crippen LogP contribution in [0.3, 0.4) is 0 Å². The molecule has 25 heavy (non-hydrogen) atoms. The molecule has 0 spiro atoms. The number of benzene rings is 2. The summed E-state index contributed by atoms with van der Waals surface area (Å²) in [7, 11) is 1.62. The van der Waals surface area contributed by atoms with Crippen LogP contribution in [0.1, 0.15) is 19.9 Å². The van der Waals surface area contributed by atoms with E-state index in [1.807, 2.05) is 48.8 Å². The van der Waals surface area contributed by atoms with Crippen LogP contribution in [-0.2, 0) is 0 Å². The van der Waals surface area contributed by atoms with Gasteiger partial charge in [0.25, 0.3) is 5.89 Å². The van der Waals surface area contributed by atoms with E-state index >= 15 is 0 Å². The maximum atomic E-state index is 5.46. The number of methoxy groups -OCH3 is 1. The smallest absolute Gasteiger partial charge is 0.262 e. The molecule has 0 aliphatic heterocycles. The van der Waals surface area contributed by atoms with Crippen molar-refractivity contribution < 1.29 is 9.26 Å². The first-order valence-corrected chi connectivity index (χ1v) is 8.11. The van der Waals surface area contributed by atoms with Gasteiger partial charge >= 0.3 is 0 Å². The summed E-state index contributed by atoms with van der Waals surface area (Å²) in [5.41, 5.74) is 3.67. The number of para-hydroxylation sites is 1. The molecule has 0 unspecified atom stereocenters. The third-order valence-corrected chi connectivity index (χ3v) is 4.15. The van der Waals surface area contributed by atoms with E-state index in [2.05, 4.69) is 33.5 Å². The second-order valence-electron chi connectivity index (χ2n) is 6.07. The minimum Gasteiger partial charge on any atom is -0.496 e. The molecular formula is C19H18N4O2. The van der Waals surface area contributed by atoms with Crippen LogP contribution in [-0.4, -0.2) is 26.8 Å². The number of fused-ring (bicyclic) bond motifs is 1. The molecule has 0 amide bonds. The quantitative estimate of drug-likeness (QED) is 0.555. The van der Waals surface area contributed by atoms with Gasteiger partial charge in [-0.1, -0.05) is 17.3 Å². The summed E-state index contributed by atoms with van der Waals surface area (Å²) in [6.07, 6.45) is 1.86. The first-order valence-electron chi connectivity index (χ1n) is 8.11. The van der Waals surface area contributed by atoms with Crippen molar-refractivity contribution >= 4 is 11.0 Å². The molecule has 4 rings (SSSR count). The van der Waals surface area contributed by atoms with Crippen molar-refractivity contribution in [1.29, 1.82) is 0 Å². The van der Waals surface area contributed by atoms with Gasteiger partial charge in [0, 0.05) is 11.6 Å². The Morgan fingerprint density at radius 2 is 1.96 bits per heavy atom. The molecule has 0 radical (unpaired) electrons. The van der Waals surface area contributed by atoms with Crippen LogP contribution in [0.15, 0.2) is 53.3 Å². The van der Waals surface area contributed by atoms with Gasteiger partial charge in [0.05, 0.1) is 30.0 Å². The summed E-state index contributed by atoms with van der Waals surface area (Å²) in [6, 6.07) is 13.9. The van der Waals surface area contributed by atoms with Crippen LogP contribution in [0, 0.1) is 0 Å². The Bertz CT molecular complexity index is 1030. The van der Waals surface area contributed by atoms with E-state index in [9.17, 15) is 0 Å². The van der Waals surface area contributed by atoms with Gasteiger partial charge in [-0.15, -0.1) is 0 Å². The largest absolute Gasteiger partial charge is 0.496 e. The van der Waals surface area contributed by atoms with E-state index in [1.165, 1.54) is 0 Å². The van der Waals surface area contributed by atoms with Gasteiger partial charge in [-0.2, -0.15) is 4.98 Å². The maximum Gasteiger partial charge on any atom is 0.262 e. The van der Waals surface area contributed by atoms with Crippen LogP contribution >= 0.6 is 0 Å². The van der Waals surface area contributed by atoms with Gasteiger partial charge in [0.1, 0.15) is 5.75 Å². The molecule has 0 fully saturated rings. The molecule has 2 aromatic carbocycles. The van der Waals surface area contributed by atoms with Gasteiger partial charge in [0.15, 0.2) is 0 Å². The molecule has 0 bridgehead atoms. The van der Waals surface area contributed by atoms with Gasteiger partial charge in [-0.05, 0) is 44.2 Å². The number of hydrogen-bond donors (Lipinski definition) is 0. The van der Waals surface area contributed by atoms with Gasteiger partial charge in [-0.25, -0.2) is 4.98 Å². The van der Waals surface area contributed by atoms with Crippen LogP contribution < -0.4 is 4.74 Å². The third-order valence-electron chi connectivity index (χ3n) is 4.15. The van der Waals surface area contributed by atoms with E-state index in [1.54, 1.807) is 7.11 Å².